The maximum atomic E-state index is 13.0. The first-order chi connectivity index (χ1) is 12.6. The van der Waals surface area contributed by atoms with E-state index in [-0.39, 0.29) is 6.61 Å². The fourth-order valence-corrected chi connectivity index (χ4v) is 3.57. The van der Waals surface area contributed by atoms with Crippen LogP contribution in [0.4, 0.5) is 0 Å². The molecule has 2 rings (SSSR count). The second-order valence-corrected chi connectivity index (χ2v) is 6.79. The number of rotatable bonds is 9. The SMILES string of the molecule is CCN(CC)CCOC(=O)C(O)(c1ccccc1)c1ccccc1SC. The number of hydrogen-bond donors (Lipinski definition) is 1. The highest BCUT2D eigenvalue weighted by molar-refractivity contribution is 7.98. The van der Waals surface area contributed by atoms with Gasteiger partial charge in [-0.25, -0.2) is 4.79 Å². The van der Waals surface area contributed by atoms with E-state index in [1.165, 1.54) is 11.8 Å². The molecular weight excluding hydrogens is 346 g/mol. The highest BCUT2D eigenvalue weighted by Gasteiger charge is 2.43. The third-order valence-electron chi connectivity index (χ3n) is 4.52. The van der Waals surface area contributed by atoms with Gasteiger partial charge in [-0.2, -0.15) is 0 Å². The average Bonchev–Trinajstić information content (AvgIpc) is 2.71. The number of carbonyl (C=O) groups is 1. The minimum Gasteiger partial charge on any atom is -0.462 e. The smallest absolute Gasteiger partial charge is 0.347 e. The fraction of sp³-hybridized carbons (Fsp3) is 0.381. The summed E-state index contributed by atoms with van der Waals surface area (Å²) in [6, 6.07) is 16.4. The molecule has 0 aliphatic rings. The maximum absolute atomic E-state index is 13.0. The van der Waals surface area contributed by atoms with Crippen molar-refractivity contribution in [3.05, 3.63) is 65.7 Å². The van der Waals surface area contributed by atoms with Crippen LogP contribution in [0.5, 0.6) is 0 Å². The van der Waals surface area contributed by atoms with Gasteiger partial charge in [-0.1, -0.05) is 62.4 Å². The largest absolute Gasteiger partial charge is 0.462 e. The van der Waals surface area contributed by atoms with Gasteiger partial charge in [-0.3, -0.25) is 0 Å². The molecule has 0 spiro atoms. The zero-order chi connectivity index (χ0) is 19.0. The number of aliphatic hydroxyl groups is 1. The molecule has 1 atom stereocenters. The lowest BCUT2D eigenvalue weighted by atomic mass is 9.86. The van der Waals surface area contributed by atoms with Crippen molar-refractivity contribution in [2.45, 2.75) is 24.3 Å². The number of esters is 1. The van der Waals surface area contributed by atoms with Crippen LogP contribution in [0, 0.1) is 0 Å². The first-order valence-corrected chi connectivity index (χ1v) is 10.1. The van der Waals surface area contributed by atoms with Gasteiger partial charge in [0.05, 0.1) is 0 Å². The van der Waals surface area contributed by atoms with E-state index in [9.17, 15) is 9.90 Å². The average molecular weight is 374 g/mol. The molecule has 0 aliphatic carbocycles. The molecule has 0 heterocycles. The number of ether oxygens (including phenoxy) is 1. The molecule has 0 radical (unpaired) electrons. The van der Waals surface area contributed by atoms with Crippen molar-refractivity contribution in [3.8, 4) is 0 Å². The molecule has 0 amide bonds. The normalized spacial score (nSPS) is 13.4. The van der Waals surface area contributed by atoms with Gasteiger partial charge in [0.25, 0.3) is 0 Å². The summed E-state index contributed by atoms with van der Waals surface area (Å²) in [5.41, 5.74) is -0.773. The Morgan fingerprint density at radius 1 is 1.08 bits per heavy atom. The molecule has 0 saturated heterocycles. The monoisotopic (exact) mass is 373 g/mol. The minimum atomic E-state index is -1.83. The standard InChI is InChI=1S/C21H27NO3S/c1-4-22(5-2)15-16-25-20(23)21(24,17-11-7-6-8-12-17)18-13-9-10-14-19(18)26-3/h6-14,24H,4-5,15-16H2,1-3H3. The van der Waals surface area contributed by atoms with E-state index in [1.807, 2.05) is 42.7 Å². The Balaban J connectivity index is 2.34. The molecule has 0 saturated carbocycles. The first kappa shape index (κ1) is 20.5. The van der Waals surface area contributed by atoms with Crippen LogP contribution >= 0.6 is 11.8 Å². The highest BCUT2D eigenvalue weighted by atomic mass is 32.2. The Morgan fingerprint density at radius 2 is 1.69 bits per heavy atom. The second-order valence-electron chi connectivity index (χ2n) is 5.94. The summed E-state index contributed by atoms with van der Waals surface area (Å²) in [5, 5.41) is 11.5. The Kier molecular flexibility index (Phi) is 7.69. The lowest BCUT2D eigenvalue weighted by Gasteiger charge is -2.29. The van der Waals surface area contributed by atoms with Crippen molar-refractivity contribution in [3.63, 3.8) is 0 Å². The van der Waals surface area contributed by atoms with Gasteiger partial charge in [-0.15, -0.1) is 11.8 Å². The predicted molar refractivity (Wildman–Crippen MR) is 106 cm³/mol. The summed E-state index contributed by atoms with van der Waals surface area (Å²) in [6.45, 7) is 6.82. The number of benzene rings is 2. The summed E-state index contributed by atoms with van der Waals surface area (Å²) >= 11 is 1.49. The fourth-order valence-electron chi connectivity index (χ4n) is 2.92. The lowest BCUT2D eigenvalue weighted by molar-refractivity contribution is -0.162. The summed E-state index contributed by atoms with van der Waals surface area (Å²) in [6.07, 6.45) is 1.93. The van der Waals surface area contributed by atoms with E-state index >= 15 is 0 Å². The maximum Gasteiger partial charge on any atom is 0.347 e. The van der Waals surface area contributed by atoms with Gasteiger partial charge in [0.2, 0.25) is 5.60 Å². The van der Waals surface area contributed by atoms with Crippen molar-refractivity contribution < 1.29 is 14.6 Å². The second kappa shape index (κ2) is 9.76. The molecular formula is C21H27NO3S. The quantitative estimate of drug-likeness (QED) is 0.538. The summed E-state index contributed by atoms with van der Waals surface area (Å²) in [4.78, 5) is 16.0. The van der Waals surface area contributed by atoms with E-state index in [4.69, 9.17) is 4.74 Å². The summed E-state index contributed by atoms with van der Waals surface area (Å²) in [5.74, 6) is -0.641. The molecule has 0 aromatic heterocycles. The first-order valence-electron chi connectivity index (χ1n) is 8.88. The van der Waals surface area contributed by atoms with Gasteiger partial charge >= 0.3 is 5.97 Å². The molecule has 1 N–H and O–H groups in total. The van der Waals surface area contributed by atoms with Crippen molar-refractivity contribution in [2.24, 2.45) is 0 Å². The number of thioether (sulfide) groups is 1. The molecule has 4 nitrogen and oxygen atoms in total. The third kappa shape index (κ3) is 4.47. The molecule has 140 valence electrons. The molecule has 0 aliphatic heterocycles. The van der Waals surface area contributed by atoms with Gasteiger partial charge in [0, 0.05) is 17.0 Å². The molecule has 26 heavy (non-hydrogen) atoms. The zero-order valence-electron chi connectivity index (χ0n) is 15.6. The van der Waals surface area contributed by atoms with Gasteiger partial charge in [0.1, 0.15) is 6.61 Å². The van der Waals surface area contributed by atoms with E-state index in [2.05, 4.69) is 18.7 Å². The predicted octanol–water partition coefficient (Wildman–Crippen LogP) is 3.53. The third-order valence-corrected chi connectivity index (χ3v) is 5.31. The molecule has 2 aromatic carbocycles. The van der Waals surface area contributed by atoms with Gasteiger partial charge in [0.15, 0.2) is 0 Å². The Morgan fingerprint density at radius 3 is 2.31 bits per heavy atom. The van der Waals surface area contributed by atoms with E-state index < -0.39 is 11.6 Å². The van der Waals surface area contributed by atoms with E-state index in [0.29, 0.717) is 17.7 Å². The Labute approximate surface area is 160 Å². The van der Waals surface area contributed by atoms with Crippen molar-refractivity contribution >= 4 is 17.7 Å². The number of hydrogen-bond acceptors (Lipinski definition) is 5. The summed E-state index contributed by atoms with van der Waals surface area (Å²) < 4.78 is 5.51. The minimum absolute atomic E-state index is 0.247. The number of carbonyl (C=O) groups excluding carboxylic acids is 1. The number of nitrogens with zero attached hydrogens (tertiary/aromatic N) is 1. The van der Waals surface area contributed by atoms with Crippen LogP contribution in [-0.4, -0.2) is 48.5 Å². The zero-order valence-corrected chi connectivity index (χ0v) is 16.5. The van der Waals surface area contributed by atoms with Crippen molar-refractivity contribution in [1.82, 2.24) is 4.90 Å². The molecule has 0 bridgehead atoms. The molecule has 5 heteroatoms. The number of likely N-dealkylation sites (N-methyl/N-ethyl adjacent to an activating group) is 1. The van der Waals surface area contributed by atoms with Gasteiger partial charge < -0.3 is 14.7 Å². The molecule has 1 unspecified atom stereocenters. The van der Waals surface area contributed by atoms with E-state index in [1.54, 1.807) is 18.2 Å². The molecule has 0 fully saturated rings. The lowest BCUT2D eigenvalue weighted by Crippen LogP contribution is -2.40. The Bertz CT molecular complexity index is 703. The van der Waals surface area contributed by atoms with Crippen LogP contribution in [0.1, 0.15) is 25.0 Å². The van der Waals surface area contributed by atoms with Crippen molar-refractivity contribution in [1.29, 1.82) is 0 Å². The molecule has 2 aromatic rings. The van der Waals surface area contributed by atoms with Crippen LogP contribution in [0.2, 0.25) is 0 Å². The Hall–Kier alpha value is -1.82. The van der Waals surface area contributed by atoms with Crippen molar-refractivity contribution in [2.75, 3.05) is 32.5 Å². The summed E-state index contributed by atoms with van der Waals surface area (Å²) in [7, 11) is 0. The topological polar surface area (TPSA) is 49.8 Å². The van der Waals surface area contributed by atoms with Crippen LogP contribution < -0.4 is 0 Å². The van der Waals surface area contributed by atoms with Crippen LogP contribution in [0.15, 0.2) is 59.5 Å². The van der Waals surface area contributed by atoms with Gasteiger partial charge in [-0.05, 0) is 31.0 Å². The van der Waals surface area contributed by atoms with Crippen LogP contribution in [0.3, 0.4) is 0 Å². The van der Waals surface area contributed by atoms with Crippen LogP contribution in [0.25, 0.3) is 0 Å². The van der Waals surface area contributed by atoms with Crippen LogP contribution in [-0.2, 0) is 15.1 Å². The van der Waals surface area contributed by atoms with E-state index in [0.717, 1.165) is 18.0 Å². The highest BCUT2D eigenvalue weighted by Crippen LogP contribution is 2.36.